The lowest BCUT2D eigenvalue weighted by Crippen LogP contribution is -2.02. The van der Waals surface area contributed by atoms with Crippen molar-refractivity contribution in [3.05, 3.63) is 39.1 Å². The molecule has 0 atom stereocenters. The molecule has 18 heavy (non-hydrogen) atoms. The van der Waals surface area contributed by atoms with Crippen molar-refractivity contribution < 1.29 is 0 Å². The summed E-state index contributed by atoms with van der Waals surface area (Å²) in [7, 11) is 0. The fraction of sp³-hybridized carbons (Fsp3) is 0.231. The van der Waals surface area contributed by atoms with Crippen molar-refractivity contribution >= 4 is 28.4 Å². The Morgan fingerprint density at radius 1 is 1.33 bits per heavy atom. The highest BCUT2D eigenvalue weighted by molar-refractivity contribution is 14.1. The zero-order valence-corrected chi connectivity index (χ0v) is 12.3. The number of nitrogens with two attached hydrogens (primary N) is 1. The molecule has 0 saturated heterocycles. The van der Waals surface area contributed by atoms with Gasteiger partial charge in [0.05, 0.1) is 26.6 Å². The number of nitrogens with zero attached hydrogens (tertiary/aromatic N) is 3. The first-order chi connectivity index (χ1) is 8.54. The fourth-order valence-electron chi connectivity index (χ4n) is 1.67. The summed E-state index contributed by atoms with van der Waals surface area (Å²) in [6, 6.07) is 9.32. The van der Waals surface area contributed by atoms with Crippen LogP contribution in [0.25, 0.3) is 5.69 Å². The molecule has 0 fully saturated rings. The number of hydrogen-bond donors (Lipinski definition) is 1. The van der Waals surface area contributed by atoms with Gasteiger partial charge in [0, 0.05) is 0 Å². The van der Waals surface area contributed by atoms with E-state index in [1.807, 2.05) is 12.1 Å². The van der Waals surface area contributed by atoms with E-state index in [1.54, 1.807) is 16.8 Å². The third-order valence-electron chi connectivity index (χ3n) is 2.67. The van der Waals surface area contributed by atoms with E-state index in [1.165, 1.54) is 0 Å². The maximum atomic E-state index is 8.78. The van der Waals surface area contributed by atoms with E-state index >= 15 is 0 Å². The van der Waals surface area contributed by atoms with Crippen LogP contribution < -0.4 is 5.73 Å². The number of hydrogen-bond acceptors (Lipinski definition) is 3. The number of benzene rings is 1. The van der Waals surface area contributed by atoms with Gasteiger partial charge in [0.25, 0.3) is 0 Å². The minimum absolute atomic E-state index is 0.332. The molecule has 1 aromatic heterocycles. The van der Waals surface area contributed by atoms with Crippen molar-refractivity contribution in [2.75, 3.05) is 5.73 Å². The number of nitriles is 1. The Balaban J connectivity index is 2.51. The van der Waals surface area contributed by atoms with Gasteiger partial charge in [0.2, 0.25) is 0 Å². The summed E-state index contributed by atoms with van der Waals surface area (Å²) in [5.74, 6) is 0.975. The molecule has 2 N–H and O–H groups in total. The van der Waals surface area contributed by atoms with E-state index < -0.39 is 0 Å². The van der Waals surface area contributed by atoms with Crippen molar-refractivity contribution in [2.24, 2.45) is 0 Å². The van der Waals surface area contributed by atoms with E-state index in [4.69, 9.17) is 11.0 Å². The predicted molar refractivity (Wildman–Crippen MR) is 79.5 cm³/mol. The van der Waals surface area contributed by atoms with Crippen LogP contribution in [0.15, 0.2) is 24.3 Å². The van der Waals surface area contributed by atoms with Gasteiger partial charge in [-0.2, -0.15) is 10.4 Å². The van der Waals surface area contributed by atoms with Crippen LogP contribution in [-0.4, -0.2) is 9.78 Å². The van der Waals surface area contributed by atoms with Crippen LogP contribution in [0.1, 0.15) is 31.0 Å². The highest BCUT2D eigenvalue weighted by atomic mass is 127. The molecule has 0 unspecified atom stereocenters. The Morgan fingerprint density at radius 2 is 1.94 bits per heavy atom. The first-order valence-corrected chi connectivity index (χ1v) is 6.67. The standard InChI is InChI=1S/C13H13IN4/c1-8(2)12-11(14)13(16)18(17-12)10-5-3-9(7-15)4-6-10/h3-6,8H,16H2,1-2H3. The molecule has 0 aliphatic carbocycles. The number of rotatable bonds is 2. The second-order valence-corrected chi connectivity index (χ2v) is 5.39. The molecule has 1 aromatic carbocycles. The average Bonchev–Trinajstić information content (AvgIpc) is 2.67. The molecule has 0 spiro atoms. The van der Waals surface area contributed by atoms with Crippen LogP contribution in [0, 0.1) is 14.9 Å². The minimum atomic E-state index is 0.332. The quantitative estimate of drug-likeness (QED) is 0.845. The van der Waals surface area contributed by atoms with Crippen molar-refractivity contribution in [2.45, 2.75) is 19.8 Å². The average molecular weight is 352 g/mol. The summed E-state index contributed by atoms with van der Waals surface area (Å²) in [6.45, 7) is 4.18. The lowest BCUT2D eigenvalue weighted by Gasteiger charge is -2.03. The number of halogens is 1. The van der Waals surface area contributed by atoms with Gasteiger partial charge < -0.3 is 5.73 Å². The Morgan fingerprint density at radius 3 is 2.39 bits per heavy atom. The van der Waals surface area contributed by atoms with Crippen molar-refractivity contribution in [3.63, 3.8) is 0 Å². The Kier molecular flexibility index (Phi) is 3.57. The van der Waals surface area contributed by atoms with Gasteiger partial charge in [-0.15, -0.1) is 0 Å². The monoisotopic (exact) mass is 352 g/mol. The summed E-state index contributed by atoms with van der Waals surface area (Å²) in [5.41, 5.74) is 8.57. The summed E-state index contributed by atoms with van der Waals surface area (Å²) in [6.07, 6.45) is 0. The number of nitrogen functional groups attached to an aromatic ring is 1. The molecule has 2 rings (SSSR count). The van der Waals surface area contributed by atoms with Gasteiger partial charge in [-0.1, -0.05) is 13.8 Å². The third kappa shape index (κ3) is 2.20. The van der Waals surface area contributed by atoms with E-state index in [0.29, 0.717) is 17.3 Å². The molecule has 0 aliphatic heterocycles. The zero-order chi connectivity index (χ0) is 13.3. The lowest BCUT2D eigenvalue weighted by atomic mass is 10.1. The topological polar surface area (TPSA) is 67.6 Å². The first-order valence-electron chi connectivity index (χ1n) is 5.59. The van der Waals surface area contributed by atoms with Crippen molar-refractivity contribution in [3.8, 4) is 11.8 Å². The van der Waals surface area contributed by atoms with Crippen LogP contribution in [0.3, 0.4) is 0 Å². The molecule has 0 saturated carbocycles. The summed E-state index contributed by atoms with van der Waals surface area (Å²) in [5, 5.41) is 13.3. The maximum Gasteiger partial charge on any atom is 0.141 e. The normalized spacial score (nSPS) is 10.6. The van der Waals surface area contributed by atoms with Gasteiger partial charge in [-0.25, -0.2) is 4.68 Å². The van der Waals surface area contributed by atoms with Crippen molar-refractivity contribution in [1.29, 1.82) is 5.26 Å². The lowest BCUT2D eigenvalue weighted by molar-refractivity contribution is 0.769. The van der Waals surface area contributed by atoms with Crippen molar-refractivity contribution in [1.82, 2.24) is 9.78 Å². The van der Waals surface area contributed by atoms with Gasteiger partial charge >= 0.3 is 0 Å². The van der Waals surface area contributed by atoms with Crippen LogP contribution in [0.4, 0.5) is 5.82 Å². The highest BCUT2D eigenvalue weighted by Gasteiger charge is 2.16. The van der Waals surface area contributed by atoms with Gasteiger partial charge in [-0.3, -0.25) is 0 Å². The van der Waals surface area contributed by atoms with E-state index in [2.05, 4.69) is 47.6 Å². The van der Waals surface area contributed by atoms with Crippen LogP contribution >= 0.6 is 22.6 Å². The number of anilines is 1. The minimum Gasteiger partial charge on any atom is -0.383 e. The molecule has 0 amide bonds. The fourth-order valence-corrected chi connectivity index (χ4v) is 2.63. The van der Waals surface area contributed by atoms with Gasteiger partial charge in [0.15, 0.2) is 0 Å². The first kappa shape index (κ1) is 12.9. The smallest absolute Gasteiger partial charge is 0.141 e. The molecule has 0 bridgehead atoms. The molecular weight excluding hydrogens is 339 g/mol. The molecule has 92 valence electrons. The Hall–Kier alpha value is -1.55. The Bertz CT molecular complexity index is 605. The molecular formula is C13H13IN4. The zero-order valence-electron chi connectivity index (χ0n) is 10.2. The molecule has 2 aromatic rings. The summed E-state index contributed by atoms with van der Waals surface area (Å²) in [4.78, 5) is 0. The van der Waals surface area contributed by atoms with Crippen LogP contribution in [0.5, 0.6) is 0 Å². The van der Waals surface area contributed by atoms with E-state index in [9.17, 15) is 0 Å². The number of aromatic nitrogens is 2. The molecule has 0 radical (unpaired) electrons. The SMILES string of the molecule is CC(C)c1nn(-c2ccc(C#N)cc2)c(N)c1I. The second kappa shape index (κ2) is 4.98. The molecule has 4 nitrogen and oxygen atoms in total. The second-order valence-electron chi connectivity index (χ2n) is 4.31. The molecule has 0 aliphatic rings. The summed E-state index contributed by atoms with van der Waals surface area (Å²) < 4.78 is 2.71. The Labute approximate surface area is 120 Å². The van der Waals surface area contributed by atoms with Gasteiger partial charge in [0.1, 0.15) is 5.82 Å². The predicted octanol–water partition coefficient (Wildman–Crippen LogP) is 3.05. The largest absolute Gasteiger partial charge is 0.383 e. The molecule has 1 heterocycles. The molecule has 5 heteroatoms. The van der Waals surface area contributed by atoms with Gasteiger partial charge in [-0.05, 0) is 52.8 Å². The van der Waals surface area contributed by atoms with Crippen LogP contribution in [-0.2, 0) is 0 Å². The third-order valence-corrected chi connectivity index (χ3v) is 3.78. The highest BCUT2D eigenvalue weighted by Crippen LogP contribution is 2.27. The summed E-state index contributed by atoms with van der Waals surface area (Å²) >= 11 is 2.22. The van der Waals surface area contributed by atoms with Crippen LogP contribution in [0.2, 0.25) is 0 Å². The maximum absolute atomic E-state index is 8.78. The van der Waals surface area contributed by atoms with E-state index in [0.717, 1.165) is 15.0 Å². The van der Waals surface area contributed by atoms with E-state index in [-0.39, 0.29) is 0 Å².